The maximum absolute atomic E-state index is 9.67. The number of ether oxygens (including phenoxy) is 2. The van der Waals surface area contributed by atoms with Gasteiger partial charge < -0.3 is 14.6 Å². The molecule has 1 saturated heterocycles. The average Bonchev–Trinajstić information content (AvgIpc) is 2.62. The van der Waals surface area contributed by atoms with Crippen LogP contribution in [0, 0.1) is 0 Å². The van der Waals surface area contributed by atoms with Gasteiger partial charge in [-0.05, 0) is 19.3 Å². The van der Waals surface area contributed by atoms with Crippen LogP contribution in [0.15, 0.2) is 0 Å². The van der Waals surface area contributed by atoms with Crippen LogP contribution < -0.4 is 0 Å². The summed E-state index contributed by atoms with van der Waals surface area (Å²) in [5.41, 5.74) is 0. The van der Waals surface area contributed by atoms with Crippen molar-refractivity contribution in [3.8, 4) is 0 Å². The van der Waals surface area contributed by atoms with Crippen molar-refractivity contribution >= 4 is 0 Å². The van der Waals surface area contributed by atoms with Crippen molar-refractivity contribution in [2.75, 3.05) is 6.61 Å². The minimum Gasteiger partial charge on any atom is -0.390 e. The lowest BCUT2D eigenvalue weighted by Crippen LogP contribution is -2.35. The number of aliphatic hydroxyl groups excluding tert-OH is 1. The summed E-state index contributed by atoms with van der Waals surface area (Å²) in [7, 11) is 0. The van der Waals surface area contributed by atoms with E-state index in [2.05, 4.69) is 0 Å². The number of aliphatic hydroxyl groups is 1. The van der Waals surface area contributed by atoms with E-state index >= 15 is 0 Å². The molecule has 0 aromatic rings. The Labute approximate surface area is 85.4 Å². The van der Waals surface area contributed by atoms with E-state index in [0.29, 0.717) is 6.61 Å². The highest BCUT2D eigenvalue weighted by molar-refractivity contribution is 4.84. The molecule has 0 aromatic heterocycles. The Balaban J connectivity index is 1.92. The van der Waals surface area contributed by atoms with Gasteiger partial charge in [-0.2, -0.15) is 0 Å². The summed E-state index contributed by atoms with van der Waals surface area (Å²) < 4.78 is 11.6. The third-order valence-corrected chi connectivity index (χ3v) is 3.34. The first-order valence-corrected chi connectivity index (χ1v) is 5.75. The van der Waals surface area contributed by atoms with Crippen LogP contribution in [0.25, 0.3) is 0 Å². The molecule has 0 amide bonds. The van der Waals surface area contributed by atoms with E-state index in [0.717, 1.165) is 19.3 Å². The van der Waals surface area contributed by atoms with Gasteiger partial charge in [0.2, 0.25) is 0 Å². The van der Waals surface area contributed by atoms with Crippen LogP contribution in [-0.2, 0) is 9.47 Å². The molecule has 3 heteroatoms. The molecule has 1 heterocycles. The SMILES string of the molecule is CC[C@@H](O)[C@H]1COC2(CCCCC2)O1. The molecule has 2 aliphatic rings. The third kappa shape index (κ3) is 1.95. The molecule has 1 N–H and O–H groups in total. The minimum absolute atomic E-state index is 0.0990. The van der Waals surface area contributed by atoms with E-state index in [-0.39, 0.29) is 18.0 Å². The van der Waals surface area contributed by atoms with Gasteiger partial charge >= 0.3 is 0 Å². The molecule has 1 spiro atoms. The molecular formula is C11H20O3. The van der Waals surface area contributed by atoms with Gasteiger partial charge in [-0.15, -0.1) is 0 Å². The zero-order valence-electron chi connectivity index (χ0n) is 8.87. The summed E-state index contributed by atoms with van der Waals surface area (Å²) in [6.07, 6.45) is 5.94. The van der Waals surface area contributed by atoms with Crippen LogP contribution in [0.3, 0.4) is 0 Å². The Morgan fingerprint density at radius 3 is 2.71 bits per heavy atom. The van der Waals surface area contributed by atoms with Crippen LogP contribution in [0.1, 0.15) is 45.4 Å². The van der Waals surface area contributed by atoms with Gasteiger partial charge in [-0.1, -0.05) is 13.3 Å². The number of rotatable bonds is 2. The zero-order valence-corrected chi connectivity index (χ0v) is 8.87. The second-order valence-electron chi connectivity index (χ2n) is 4.41. The third-order valence-electron chi connectivity index (χ3n) is 3.34. The summed E-state index contributed by atoms with van der Waals surface area (Å²) >= 11 is 0. The normalized spacial score (nSPS) is 33.4. The lowest BCUT2D eigenvalue weighted by molar-refractivity contribution is -0.195. The molecule has 0 radical (unpaired) electrons. The van der Waals surface area contributed by atoms with E-state index < -0.39 is 0 Å². The Kier molecular flexibility index (Phi) is 3.10. The first-order valence-electron chi connectivity index (χ1n) is 5.75. The highest BCUT2D eigenvalue weighted by atomic mass is 16.7. The lowest BCUT2D eigenvalue weighted by atomic mass is 9.94. The molecule has 1 aliphatic carbocycles. The summed E-state index contributed by atoms with van der Waals surface area (Å²) in [5, 5.41) is 9.67. The molecule has 14 heavy (non-hydrogen) atoms. The molecule has 0 aromatic carbocycles. The maximum atomic E-state index is 9.67. The topological polar surface area (TPSA) is 38.7 Å². The van der Waals surface area contributed by atoms with Crippen molar-refractivity contribution < 1.29 is 14.6 Å². The summed E-state index contributed by atoms with van der Waals surface area (Å²) in [4.78, 5) is 0. The van der Waals surface area contributed by atoms with Crippen LogP contribution in [0.2, 0.25) is 0 Å². The fourth-order valence-corrected chi connectivity index (χ4v) is 2.38. The zero-order chi connectivity index (χ0) is 10.0. The Morgan fingerprint density at radius 1 is 1.36 bits per heavy atom. The second-order valence-corrected chi connectivity index (χ2v) is 4.41. The van der Waals surface area contributed by atoms with Crippen LogP contribution in [0.5, 0.6) is 0 Å². The molecule has 3 nitrogen and oxygen atoms in total. The molecule has 1 aliphatic heterocycles. The first-order chi connectivity index (χ1) is 6.76. The molecule has 2 rings (SSSR count). The van der Waals surface area contributed by atoms with Crippen molar-refractivity contribution in [1.82, 2.24) is 0 Å². The van der Waals surface area contributed by atoms with Gasteiger partial charge in [0, 0.05) is 12.8 Å². The summed E-state index contributed by atoms with van der Waals surface area (Å²) in [6.45, 7) is 2.54. The van der Waals surface area contributed by atoms with Crippen molar-refractivity contribution in [1.29, 1.82) is 0 Å². The average molecular weight is 200 g/mol. The second kappa shape index (κ2) is 4.17. The van der Waals surface area contributed by atoms with Gasteiger partial charge in [0.1, 0.15) is 6.10 Å². The quantitative estimate of drug-likeness (QED) is 0.739. The molecule has 0 bridgehead atoms. The highest BCUT2D eigenvalue weighted by Gasteiger charge is 2.43. The predicted molar refractivity (Wildman–Crippen MR) is 52.9 cm³/mol. The number of hydrogen-bond donors (Lipinski definition) is 1. The van der Waals surface area contributed by atoms with Gasteiger partial charge in [-0.3, -0.25) is 0 Å². The smallest absolute Gasteiger partial charge is 0.169 e. The molecule has 2 fully saturated rings. The van der Waals surface area contributed by atoms with Crippen molar-refractivity contribution in [3.05, 3.63) is 0 Å². The van der Waals surface area contributed by atoms with Crippen molar-refractivity contribution in [2.24, 2.45) is 0 Å². The Hall–Kier alpha value is -0.120. The first kappa shape index (κ1) is 10.4. The van der Waals surface area contributed by atoms with Crippen LogP contribution in [0.4, 0.5) is 0 Å². The van der Waals surface area contributed by atoms with Gasteiger partial charge in [-0.25, -0.2) is 0 Å². The largest absolute Gasteiger partial charge is 0.390 e. The molecule has 82 valence electrons. The van der Waals surface area contributed by atoms with E-state index in [4.69, 9.17) is 9.47 Å². The molecule has 2 atom stereocenters. The van der Waals surface area contributed by atoms with E-state index in [1.165, 1.54) is 19.3 Å². The summed E-state index contributed by atoms with van der Waals surface area (Å²) in [5.74, 6) is -0.334. The van der Waals surface area contributed by atoms with Crippen molar-refractivity contribution in [2.45, 2.75) is 63.4 Å². The van der Waals surface area contributed by atoms with Gasteiger partial charge in [0.15, 0.2) is 5.79 Å². The van der Waals surface area contributed by atoms with Gasteiger partial charge in [0.25, 0.3) is 0 Å². The monoisotopic (exact) mass is 200 g/mol. The standard InChI is InChI=1S/C11H20O3/c1-2-9(12)10-8-13-11(14-10)6-4-3-5-7-11/h9-10,12H,2-8H2,1H3/t9-,10-/m1/s1. The Morgan fingerprint density at radius 2 is 2.07 bits per heavy atom. The van der Waals surface area contributed by atoms with E-state index in [1.54, 1.807) is 0 Å². The molecule has 1 saturated carbocycles. The van der Waals surface area contributed by atoms with Gasteiger partial charge in [0.05, 0.1) is 12.7 Å². The predicted octanol–water partition coefficient (Wildman–Crippen LogP) is 1.83. The van der Waals surface area contributed by atoms with Crippen LogP contribution in [-0.4, -0.2) is 29.7 Å². The highest BCUT2D eigenvalue weighted by Crippen LogP contribution is 2.38. The van der Waals surface area contributed by atoms with Crippen molar-refractivity contribution in [3.63, 3.8) is 0 Å². The minimum atomic E-state index is -0.365. The van der Waals surface area contributed by atoms with E-state index in [9.17, 15) is 5.11 Å². The van der Waals surface area contributed by atoms with E-state index in [1.807, 2.05) is 6.92 Å². The molecule has 0 unspecified atom stereocenters. The fourth-order valence-electron chi connectivity index (χ4n) is 2.38. The number of hydrogen-bond acceptors (Lipinski definition) is 3. The lowest BCUT2D eigenvalue weighted by Gasteiger charge is -2.32. The molecular weight excluding hydrogens is 180 g/mol. The van der Waals surface area contributed by atoms with Crippen LogP contribution >= 0.6 is 0 Å². The Bertz CT molecular complexity index is 187. The maximum Gasteiger partial charge on any atom is 0.169 e. The fraction of sp³-hybridized carbons (Fsp3) is 1.00. The summed E-state index contributed by atoms with van der Waals surface area (Å²) in [6, 6.07) is 0.